The van der Waals surface area contributed by atoms with Crippen LogP contribution in [0.15, 0.2) is 42.7 Å². The van der Waals surface area contributed by atoms with Crippen LogP contribution >= 0.6 is 0 Å². The third kappa shape index (κ3) is 3.40. The number of hydrazine groups is 1. The normalized spacial score (nSPS) is 19.4. The van der Waals surface area contributed by atoms with Crippen molar-refractivity contribution in [3.8, 4) is 0 Å². The minimum Gasteiger partial charge on any atom is -0.385 e. The third-order valence-corrected chi connectivity index (χ3v) is 4.78. The Morgan fingerprint density at radius 2 is 2.04 bits per heavy atom. The van der Waals surface area contributed by atoms with Crippen LogP contribution in [-0.2, 0) is 4.84 Å². The molecule has 28 heavy (non-hydrogen) atoms. The summed E-state index contributed by atoms with van der Waals surface area (Å²) < 4.78 is 40.6. The topological polar surface area (TPSA) is 57.7 Å². The zero-order chi connectivity index (χ0) is 19.7. The minimum absolute atomic E-state index is 0.132. The molecule has 4 rings (SSSR count). The highest BCUT2D eigenvalue weighted by Gasteiger charge is 2.32. The summed E-state index contributed by atoms with van der Waals surface area (Å²) in [6.07, 6.45) is 4.84. The van der Waals surface area contributed by atoms with Crippen LogP contribution in [0.3, 0.4) is 0 Å². The lowest BCUT2D eigenvalue weighted by Gasteiger charge is -2.36. The number of pyridine rings is 1. The molecule has 9 heteroatoms. The Balaban J connectivity index is 1.49. The maximum atomic E-state index is 14.0. The van der Waals surface area contributed by atoms with Gasteiger partial charge < -0.3 is 9.74 Å². The monoisotopic (exact) mass is 390 g/mol. The van der Waals surface area contributed by atoms with Crippen LogP contribution in [0.1, 0.15) is 28.9 Å². The number of benzene rings is 1. The molecule has 1 aromatic carbocycles. The number of aromatic nitrogens is 1. The van der Waals surface area contributed by atoms with Gasteiger partial charge in [-0.05, 0) is 37.1 Å². The molecule has 2 aliphatic heterocycles. The molecule has 0 bridgehead atoms. The van der Waals surface area contributed by atoms with E-state index in [9.17, 15) is 18.0 Å². The first-order chi connectivity index (χ1) is 13.5. The predicted octanol–water partition coefficient (Wildman–Crippen LogP) is 2.85. The van der Waals surface area contributed by atoms with Crippen molar-refractivity contribution in [2.45, 2.75) is 18.9 Å². The van der Waals surface area contributed by atoms with E-state index in [1.165, 1.54) is 4.90 Å². The van der Waals surface area contributed by atoms with Crippen LogP contribution < -0.4 is 5.59 Å². The smallest absolute Gasteiger partial charge is 0.257 e. The Bertz CT molecular complexity index is 923. The molecule has 1 unspecified atom stereocenters. The number of nitrogens with zero attached hydrogens (tertiary/aromatic N) is 3. The highest BCUT2D eigenvalue weighted by atomic mass is 19.2. The van der Waals surface area contributed by atoms with Crippen LogP contribution in [0.4, 0.5) is 13.2 Å². The number of carbonyl (C=O) groups excluding carboxylic acids is 1. The van der Waals surface area contributed by atoms with Crippen molar-refractivity contribution in [3.05, 3.63) is 71.4 Å². The summed E-state index contributed by atoms with van der Waals surface area (Å²) in [7, 11) is 0. The van der Waals surface area contributed by atoms with Crippen molar-refractivity contribution in [1.82, 2.24) is 20.5 Å². The Hall–Kier alpha value is -3.07. The van der Waals surface area contributed by atoms with Crippen LogP contribution in [0.25, 0.3) is 5.76 Å². The van der Waals surface area contributed by atoms with Gasteiger partial charge in [-0.1, -0.05) is 11.7 Å². The van der Waals surface area contributed by atoms with E-state index in [0.717, 1.165) is 18.6 Å². The fourth-order valence-electron chi connectivity index (χ4n) is 3.32. The van der Waals surface area contributed by atoms with E-state index in [4.69, 9.17) is 4.84 Å². The van der Waals surface area contributed by atoms with Gasteiger partial charge in [0.05, 0.1) is 17.8 Å². The minimum atomic E-state index is -1.64. The zero-order valence-electron chi connectivity index (χ0n) is 14.7. The average molecular weight is 390 g/mol. The molecular formula is C19H17F3N4O2. The molecule has 1 amide bonds. The van der Waals surface area contributed by atoms with Gasteiger partial charge in [0.2, 0.25) is 0 Å². The van der Waals surface area contributed by atoms with E-state index in [-0.39, 0.29) is 12.6 Å². The van der Waals surface area contributed by atoms with E-state index in [1.54, 1.807) is 29.5 Å². The lowest BCUT2D eigenvalue weighted by molar-refractivity contribution is -0.00264. The second-order valence-corrected chi connectivity index (χ2v) is 6.58. The Morgan fingerprint density at radius 3 is 2.82 bits per heavy atom. The van der Waals surface area contributed by atoms with Gasteiger partial charge in [0.25, 0.3) is 5.91 Å². The van der Waals surface area contributed by atoms with E-state index in [2.05, 4.69) is 10.6 Å². The largest absolute Gasteiger partial charge is 0.385 e. The average Bonchev–Trinajstić information content (AvgIpc) is 3.23. The van der Waals surface area contributed by atoms with Crippen molar-refractivity contribution in [1.29, 1.82) is 0 Å². The summed E-state index contributed by atoms with van der Waals surface area (Å²) in [6, 6.07) is 7.03. The first-order valence-electron chi connectivity index (χ1n) is 8.81. The summed E-state index contributed by atoms with van der Waals surface area (Å²) >= 11 is 0. The van der Waals surface area contributed by atoms with E-state index in [0.29, 0.717) is 24.4 Å². The van der Waals surface area contributed by atoms with E-state index < -0.39 is 28.9 Å². The number of nitrogens with one attached hydrogen (secondary N) is 1. The predicted molar refractivity (Wildman–Crippen MR) is 93.5 cm³/mol. The molecule has 146 valence electrons. The standard InChI is InChI=1S/C19H17F3N4O2/c20-14-7-6-13(17(21)18(14)22)19(27)25-9-3-4-12(10-25)26-11-16(28-24-26)15-5-1-2-8-23-15/h1-2,5-8,11-12,24H,3-4,9-10H2. The van der Waals surface area contributed by atoms with Crippen LogP contribution in [-0.4, -0.2) is 39.9 Å². The first kappa shape index (κ1) is 18.3. The highest BCUT2D eigenvalue weighted by molar-refractivity contribution is 5.94. The maximum absolute atomic E-state index is 14.0. The summed E-state index contributed by atoms with van der Waals surface area (Å²) in [5.74, 6) is -4.56. The number of rotatable bonds is 3. The summed E-state index contributed by atoms with van der Waals surface area (Å²) in [6.45, 7) is 0.679. The second-order valence-electron chi connectivity index (χ2n) is 6.58. The molecular weight excluding hydrogens is 373 g/mol. The maximum Gasteiger partial charge on any atom is 0.257 e. The van der Waals surface area contributed by atoms with Gasteiger partial charge in [-0.3, -0.25) is 14.8 Å². The fourth-order valence-corrected chi connectivity index (χ4v) is 3.32. The van der Waals surface area contributed by atoms with Gasteiger partial charge in [0, 0.05) is 19.3 Å². The van der Waals surface area contributed by atoms with Gasteiger partial charge in [-0.2, -0.15) is 0 Å². The van der Waals surface area contributed by atoms with Crippen LogP contribution in [0.2, 0.25) is 0 Å². The number of likely N-dealkylation sites (tertiary alicyclic amines) is 1. The van der Waals surface area contributed by atoms with Crippen molar-refractivity contribution >= 4 is 11.7 Å². The molecule has 0 saturated carbocycles. The molecule has 0 spiro atoms. The second kappa shape index (κ2) is 7.51. The summed E-state index contributed by atoms with van der Waals surface area (Å²) in [5.41, 5.74) is 2.96. The molecule has 0 aliphatic carbocycles. The van der Waals surface area contributed by atoms with Gasteiger partial charge in [-0.15, -0.1) is 0 Å². The molecule has 1 saturated heterocycles. The number of hydrogen-bond acceptors (Lipinski definition) is 5. The molecule has 0 radical (unpaired) electrons. The van der Waals surface area contributed by atoms with Crippen molar-refractivity contribution in [2.24, 2.45) is 0 Å². The molecule has 1 N–H and O–H groups in total. The van der Waals surface area contributed by atoms with Gasteiger partial charge in [0.1, 0.15) is 5.69 Å². The van der Waals surface area contributed by atoms with Gasteiger partial charge >= 0.3 is 0 Å². The first-order valence-corrected chi connectivity index (χ1v) is 8.81. The molecule has 3 heterocycles. The van der Waals surface area contributed by atoms with Crippen LogP contribution in [0.5, 0.6) is 0 Å². The molecule has 6 nitrogen and oxygen atoms in total. The molecule has 2 aliphatic rings. The number of hydrogen-bond donors (Lipinski definition) is 1. The lowest BCUT2D eigenvalue weighted by atomic mass is 10.0. The molecule has 1 aromatic heterocycles. The van der Waals surface area contributed by atoms with Crippen LogP contribution in [0, 0.1) is 17.5 Å². The van der Waals surface area contributed by atoms with Gasteiger partial charge in [-0.25, -0.2) is 13.2 Å². The molecule has 1 atom stereocenters. The number of halogens is 3. The van der Waals surface area contributed by atoms with Crippen molar-refractivity contribution < 1.29 is 22.8 Å². The fraction of sp³-hybridized carbons (Fsp3) is 0.263. The molecule has 1 fully saturated rings. The Morgan fingerprint density at radius 1 is 1.18 bits per heavy atom. The van der Waals surface area contributed by atoms with E-state index in [1.807, 2.05) is 6.07 Å². The van der Waals surface area contributed by atoms with Crippen molar-refractivity contribution in [2.75, 3.05) is 13.1 Å². The zero-order valence-corrected chi connectivity index (χ0v) is 14.7. The summed E-state index contributed by atoms with van der Waals surface area (Å²) in [4.78, 5) is 23.7. The third-order valence-electron chi connectivity index (χ3n) is 4.78. The number of carbonyl (C=O) groups is 1. The van der Waals surface area contributed by atoms with E-state index >= 15 is 0 Å². The Labute approximate surface area is 159 Å². The quantitative estimate of drug-likeness (QED) is 0.817. The number of piperidine rings is 1. The lowest BCUT2D eigenvalue weighted by Crippen LogP contribution is -2.50. The highest BCUT2D eigenvalue weighted by Crippen LogP contribution is 2.25. The van der Waals surface area contributed by atoms with Gasteiger partial charge in [0.15, 0.2) is 23.2 Å². The SMILES string of the molecule is O=C(c1ccc(F)c(F)c1F)N1CCCC(N2C=C(c3ccccn3)ON2)C1. The Kier molecular flexibility index (Phi) is 4.91. The summed E-state index contributed by atoms with van der Waals surface area (Å²) in [5, 5.41) is 1.73. The number of amides is 1. The van der Waals surface area contributed by atoms with Crippen molar-refractivity contribution in [3.63, 3.8) is 0 Å². The molecule has 2 aromatic rings.